The standard InChI is InChI=1S/C19H30N4O3S/c1-15-3-4-18(13-16(15)2)27(25,26)21-7-5-19(24)23-10-6-17(14-23)22-11-8-20-9-12-22/h3-4,13,17,20-21H,5-12,14H2,1-2H3. The van der Waals surface area contributed by atoms with Gasteiger partial charge >= 0.3 is 0 Å². The summed E-state index contributed by atoms with van der Waals surface area (Å²) in [6.45, 7) is 9.55. The van der Waals surface area contributed by atoms with Gasteiger partial charge in [-0.3, -0.25) is 9.69 Å². The van der Waals surface area contributed by atoms with Crippen LogP contribution in [-0.2, 0) is 14.8 Å². The number of carbonyl (C=O) groups excluding carboxylic acids is 1. The molecule has 3 rings (SSSR count). The predicted molar refractivity (Wildman–Crippen MR) is 105 cm³/mol. The molecular formula is C19H30N4O3S. The number of likely N-dealkylation sites (tertiary alicyclic amines) is 1. The van der Waals surface area contributed by atoms with E-state index < -0.39 is 10.0 Å². The number of hydrogen-bond acceptors (Lipinski definition) is 5. The van der Waals surface area contributed by atoms with E-state index in [-0.39, 0.29) is 23.8 Å². The summed E-state index contributed by atoms with van der Waals surface area (Å²) in [5.74, 6) is 0.0235. The molecule has 2 saturated heterocycles. The molecule has 1 aromatic rings. The summed E-state index contributed by atoms with van der Waals surface area (Å²) in [4.78, 5) is 17.0. The van der Waals surface area contributed by atoms with E-state index >= 15 is 0 Å². The summed E-state index contributed by atoms with van der Waals surface area (Å²) < 4.78 is 27.4. The summed E-state index contributed by atoms with van der Waals surface area (Å²) in [6.07, 6.45) is 1.19. The number of aryl methyl sites for hydroxylation is 2. The first-order valence-electron chi connectivity index (χ1n) is 9.66. The van der Waals surface area contributed by atoms with Crippen molar-refractivity contribution in [1.29, 1.82) is 0 Å². The lowest BCUT2D eigenvalue weighted by atomic mass is 10.1. The van der Waals surface area contributed by atoms with Gasteiger partial charge in [-0.1, -0.05) is 6.07 Å². The largest absolute Gasteiger partial charge is 0.341 e. The van der Waals surface area contributed by atoms with Crippen LogP contribution >= 0.6 is 0 Å². The van der Waals surface area contributed by atoms with Gasteiger partial charge in [-0.25, -0.2) is 13.1 Å². The molecule has 2 aliphatic rings. The fourth-order valence-corrected chi connectivity index (χ4v) is 4.85. The van der Waals surface area contributed by atoms with Crippen molar-refractivity contribution in [2.75, 3.05) is 45.8 Å². The molecule has 2 heterocycles. The molecule has 1 aromatic carbocycles. The van der Waals surface area contributed by atoms with Gasteiger partial charge in [0.15, 0.2) is 0 Å². The zero-order chi connectivity index (χ0) is 19.4. The van der Waals surface area contributed by atoms with Crippen LogP contribution in [0.25, 0.3) is 0 Å². The summed E-state index contributed by atoms with van der Waals surface area (Å²) in [7, 11) is -3.58. The highest BCUT2D eigenvalue weighted by molar-refractivity contribution is 7.89. The predicted octanol–water partition coefficient (Wildman–Crippen LogP) is 0.478. The second-order valence-electron chi connectivity index (χ2n) is 7.46. The minimum absolute atomic E-state index is 0.0235. The second kappa shape index (κ2) is 8.68. The number of piperazine rings is 1. The third-order valence-electron chi connectivity index (χ3n) is 5.60. The van der Waals surface area contributed by atoms with Crippen LogP contribution in [0.2, 0.25) is 0 Å². The average Bonchev–Trinajstić information content (AvgIpc) is 3.15. The first kappa shape index (κ1) is 20.3. The molecule has 150 valence electrons. The van der Waals surface area contributed by atoms with Gasteiger partial charge in [0.2, 0.25) is 15.9 Å². The molecule has 27 heavy (non-hydrogen) atoms. The normalized spacial score (nSPS) is 21.6. The lowest BCUT2D eigenvalue weighted by Crippen LogP contribution is -2.49. The van der Waals surface area contributed by atoms with Crippen LogP contribution in [0.3, 0.4) is 0 Å². The van der Waals surface area contributed by atoms with Gasteiger partial charge in [-0.05, 0) is 43.5 Å². The fraction of sp³-hybridized carbons (Fsp3) is 0.632. The molecule has 2 aliphatic heterocycles. The summed E-state index contributed by atoms with van der Waals surface area (Å²) in [5.41, 5.74) is 1.99. The minimum atomic E-state index is -3.58. The van der Waals surface area contributed by atoms with E-state index in [1.807, 2.05) is 18.7 Å². The van der Waals surface area contributed by atoms with Gasteiger partial charge < -0.3 is 10.2 Å². The van der Waals surface area contributed by atoms with Crippen molar-refractivity contribution in [3.63, 3.8) is 0 Å². The number of nitrogens with one attached hydrogen (secondary N) is 2. The summed E-state index contributed by atoms with van der Waals surface area (Å²) in [6, 6.07) is 5.50. The molecule has 0 saturated carbocycles. The van der Waals surface area contributed by atoms with Gasteiger partial charge in [0.05, 0.1) is 4.90 Å². The SMILES string of the molecule is Cc1ccc(S(=O)(=O)NCCC(=O)N2CCC(N3CCNCC3)C2)cc1C. The summed E-state index contributed by atoms with van der Waals surface area (Å²) >= 11 is 0. The Morgan fingerprint density at radius 1 is 1.19 bits per heavy atom. The Morgan fingerprint density at radius 2 is 1.93 bits per heavy atom. The van der Waals surface area contributed by atoms with Crippen LogP contribution in [-0.4, -0.2) is 76.0 Å². The van der Waals surface area contributed by atoms with Gasteiger partial charge in [0.1, 0.15) is 0 Å². The van der Waals surface area contributed by atoms with Crippen molar-refractivity contribution in [1.82, 2.24) is 19.8 Å². The Labute approximate surface area is 162 Å². The number of rotatable bonds is 6. The Kier molecular flexibility index (Phi) is 6.52. The second-order valence-corrected chi connectivity index (χ2v) is 9.23. The van der Waals surface area contributed by atoms with Crippen molar-refractivity contribution in [2.24, 2.45) is 0 Å². The van der Waals surface area contributed by atoms with Crippen LogP contribution in [0.15, 0.2) is 23.1 Å². The zero-order valence-electron chi connectivity index (χ0n) is 16.2. The van der Waals surface area contributed by atoms with E-state index in [2.05, 4.69) is 14.9 Å². The third kappa shape index (κ3) is 5.07. The van der Waals surface area contributed by atoms with Crippen molar-refractivity contribution in [3.05, 3.63) is 29.3 Å². The molecule has 2 N–H and O–H groups in total. The van der Waals surface area contributed by atoms with E-state index in [1.54, 1.807) is 18.2 Å². The molecule has 2 fully saturated rings. The Hall–Kier alpha value is -1.48. The van der Waals surface area contributed by atoms with Crippen LogP contribution in [0.1, 0.15) is 24.0 Å². The number of nitrogens with zero attached hydrogens (tertiary/aromatic N) is 2. The molecule has 1 amide bonds. The average molecular weight is 395 g/mol. The Morgan fingerprint density at radius 3 is 2.63 bits per heavy atom. The Balaban J connectivity index is 1.47. The Bertz CT molecular complexity index is 775. The highest BCUT2D eigenvalue weighted by atomic mass is 32.2. The van der Waals surface area contributed by atoms with E-state index in [0.717, 1.165) is 56.8 Å². The van der Waals surface area contributed by atoms with Crippen LogP contribution in [0, 0.1) is 13.8 Å². The molecule has 8 heteroatoms. The monoisotopic (exact) mass is 394 g/mol. The van der Waals surface area contributed by atoms with E-state index in [0.29, 0.717) is 6.04 Å². The molecule has 0 spiro atoms. The van der Waals surface area contributed by atoms with Crippen LogP contribution < -0.4 is 10.0 Å². The van der Waals surface area contributed by atoms with Gasteiger partial charge in [0, 0.05) is 58.3 Å². The number of benzene rings is 1. The van der Waals surface area contributed by atoms with E-state index in [9.17, 15) is 13.2 Å². The quantitative estimate of drug-likeness (QED) is 0.733. The molecule has 0 radical (unpaired) electrons. The van der Waals surface area contributed by atoms with Gasteiger partial charge in [-0.2, -0.15) is 0 Å². The number of sulfonamides is 1. The molecule has 0 bridgehead atoms. The molecule has 0 aromatic heterocycles. The van der Waals surface area contributed by atoms with Gasteiger partial charge in [0.25, 0.3) is 0 Å². The number of hydrogen-bond donors (Lipinski definition) is 2. The third-order valence-corrected chi connectivity index (χ3v) is 7.06. The maximum Gasteiger partial charge on any atom is 0.240 e. The van der Waals surface area contributed by atoms with E-state index in [1.165, 1.54) is 0 Å². The lowest BCUT2D eigenvalue weighted by molar-refractivity contribution is -0.130. The van der Waals surface area contributed by atoms with Crippen LogP contribution in [0.5, 0.6) is 0 Å². The minimum Gasteiger partial charge on any atom is -0.341 e. The highest BCUT2D eigenvalue weighted by Crippen LogP contribution is 2.17. The van der Waals surface area contributed by atoms with Crippen LogP contribution in [0.4, 0.5) is 0 Å². The maximum atomic E-state index is 12.5. The molecule has 7 nitrogen and oxygen atoms in total. The molecule has 1 atom stereocenters. The van der Waals surface area contributed by atoms with Crippen molar-refractivity contribution < 1.29 is 13.2 Å². The van der Waals surface area contributed by atoms with Gasteiger partial charge in [-0.15, -0.1) is 0 Å². The molecule has 1 unspecified atom stereocenters. The number of amides is 1. The first-order valence-corrected chi connectivity index (χ1v) is 11.1. The molecule has 0 aliphatic carbocycles. The van der Waals surface area contributed by atoms with E-state index in [4.69, 9.17) is 0 Å². The maximum absolute atomic E-state index is 12.5. The lowest BCUT2D eigenvalue weighted by Gasteiger charge is -2.32. The smallest absolute Gasteiger partial charge is 0.240 e. The molecular weight excluding hydrogens is 364 g/mol. The summed E-state index contributed by atoms with van der Waals surface area (Å²) in [5, 5.41) is 3.35. The number of carbonyl (C=O) groups is 1. The van der Waals surface area contributed by atoms with Crippen molar-refractivity contribution in [2.45, 2.75) is 37.6 Å². The first-order chi connectivity index (χ1) is 12.9. The zero-order valence-corrected chi connectivity index (χ0v) is 17.0. The fourth-order valence-electron chi connectivity index (χ4n) is 3.73. The van der Waals surface area contributed by atoms with Crippen molar-refractivity contribution >= 4 is 15.9 Å². The van der Waals surface area contributed by atoms with Crippen molar-refractivity contribution in [3.8, 4) is 0 Å². The highest BCUT2D eigenvalue weighted by Gasteiger charge is 2.30. The topological polar surface area (TPSA) is 81.8 Å².